The van der Waals surface area contributed by atoms with Crippen molar-refractivity contribution in [2.45, 2.75) is 26.4 Å². The van der Waals surface area contributed by atoms with Gasteiger partial charge in [0, 0.05) is 31.0 Å². The summed E-state index contributed by atoms with van der Waals surface area (Å²) in [7, 11) is 0. The highest BCUT2D eigenvalue weighted by atomic mass is 16.7. The van der Waals surface area contributed by atoms with Crippen LogP contribution in [0.5, 0.6) is 11.5 Å². The number of esters is 1. The fourth-order valence-electron chi connectivity index (χ4n) is 3.78. The standard InChI is InChI=1S/C23H22N4O4/c1-2-29-23(28)17-4-6-19-18(12-17)25-22(16-5-7-20-21(13-16)31-15-30-20)27(19)10-3-9-26-11-8-24-14-26/h4-8,11-14H,2-3,9-10,15H2,1H3. The Labute approximate surface area is 179 Å². The van der Waals surface area contributed by atoms with Gasteiger partial charge in [-0.2, -0.15) is 0 Å². The number of imidazole rings is 2. The van der Waals surface area contributed by atoms with Crippen molar-refractivity contribution >= 4 is 17.0 Å². The molecule has 0 unspecified atom stereocenters. The topological polar surface area (TPSA) is 80.4 Å². The van der Waals surface area contributed by atoms with Crippen LogP contribution in [0.3, 0.4) is 0 Å². The average Bonchev–Trinajstić information content (AvgIpc) is 3.53. The largest absolute Gasteiger partial charge is 0.462 e. The van der Waals surface area contributed by atoms with E-state index < -0.39 is 0 Å². The molecule has 0 atom stereocenters. The molecule has 5 rings (SSSR count). The Bertz CT molecular complexity index is 1230. The molecule has 0 N–H and O–H groups in total. The van der Waals surface area contributed by atoms with E-state index in [0.29, 0.717) is 17.9 Å². The fourth-order valence-corrected chi connectivity index (χ4v) is 3.78. The molecule has 0 fully saturated rings. The predicted molar refractivity (Wildman–Crippen MR) is 114 cm³/mol. The number of carbonyl (C=O) groups excluding carboxylic acids is 1. The Kier molecular flexibility index (Phi) is 5.03. The van der Waals surface area contributed by atoms with Crippen molar-refractivity contribution in [3.05, 3.63) is 60.7 Å². The first-order valence-electron chi connectivity index (χ1n) is 10.3. The number of rotatable bonds is 7. The van der Waals surface area contributed by atoms with Crippen molar-refractivity contribution in [3.8, 4) is 22.9 Å². The number of benzene rings is 2. The minimum absolute atomic E-state index is 0.225. The third-order valence-electron chi connectivity index (χ3n) is 5.25. The highest BCUT2D eigenvalue weighted by molar-refractivity contribution is 5.94. The maximum atomic E-state index is 12.2. The molecule has 2 aromatic carbocycles. The zero-order chi connectivity index (χ0) is 21.2. The molecule has 1 aliphatic rings. The molecule has 1 aliphatic heterocycles. The molecule has 2 aromatic heterocycles. The van der Waals surface area contributed by atoms with E-state index in [-0.39, 0.29) is 12.8 Å². The van der Waals surface area contributed by atoms with E-state index in [1.54, 1.807) is 25.3 Å². The van der Waals surface area contributed by atoms with Crippen LogP contribution in [0.4, 0.5) is 0 Å². The van der Waals surface area contributed by atoms with E-state index in [1.807, 2.05) is 36.8 Å². The third-order valence-corrected chi connectivity index (χ3v) is 5.25. The van der Waals surface area contributed by atoms with Crippen LogP contribution >= 0.6 is 0 Å². The first kappa shape index (κ1) is 19.2. The maximum absolute atomic E-state index is 12.2. The van der Waals surface area contributed by atoms with Crippen LogP contribution in [0.1, 0.15) is 23.7 Å². The van der Waals surface area contributed by atoms with Crippen molar-refractivity contribution in [1.29, 1.82) is 0 Å². The molecule has 8 heteroatoms. The molecule has 0 bridgehead atoms. The lowest BCUT2D eigenvalue weighted by atomic mass is 10.2. The number of aromatic nitrogens is 4. The molecule has 0 saturated heterocycles. The number of ether oxygens (including phenoxy) is 3. The highest BCUT2D eigenvalue weighted by Crippen LogP contribution is 2.36. The molecule has 0 spiro atoms. The number of fused-ring (bicyclic) bond motifs is 2. The Morgan fingerprint density at radius 1 is 1.13 bits per heavy atom. The van der Waals surface area contributed by atoms with Gasteiger partial charge in [-0.25, -0.2) is 14.8 Å². The maximum Gasteiger partial charge on any atom is 0.338 e. The Hall–Kier alpha value is -3.81. The Balaban J connectivity index is 1.53. The van der Waals surface area contributed by atoms with Crippen molar-refractivity contribution in [2.24, 2.45) is 0 Å². The fraction of sp³-hybridized carbons (Fsp3) is 0.261. The number of carbonyl (C=O) groups is 1. The van der Waals surface area contributed by atoms with E-state index in [2.05, 4.69) is 14.1 Å². The first-order chi connectivity index (χ1) is 15.2. The number of aryl methyl sites for hydroxylation is 2. The van der Waals surface area contributed by atoms with Gasteiger partial charge < -0.3 is 23.3 Å². The summed E-state index contributed by atoms with van der Waals surface area (Å²) in [6, 6.07) is 11.3. The summed E-state index contributed by atoms with van der Waals surface area (Å²) in [4.78, 5) is 21.2. The molecule has 0 radical (unpaired) electrons. The molecule has 0 aliphatic carbocycles. The van der Waals surface area contributed by atoms with Gasteiger partial charge >= 0.3 is 5.97 Å². The summed E-state index contributed by atoms with van der Waals surface area (Å²) in [5, 5.41) is 0. The van der Waals surface area contributed by atoms with E-state index in [9.17, 15) is 4.79 Å². The van der Waals surface area contributed by atoms with Gasteiger partial charge in [0.05, 0.1) is 29.5 Å². The first-order valence-corrected chi connectivity index (χ1v) is 10.3. The summed E-state index contributed by atoms with van der Waals surface area (Å²) < 4.78 is 20.4. The van der Waals surface area contributed by atoms with E-state index in [4.69, 9.17) is 19.2 Å². The lowest BCUT2D eigenvalue weighted by molar-refractivity contribution is 0.0526. The summed E-state index contributed by atoms with van der Waals surface area (Å²) in [5.74, 6) is 1.92. The van der Waals surface area contributed by atoms with Crippen molar-refractivity contribution < 1.29 is 19.0 Å². The second-order valence-corrected chi connectivity index (χ2v) is 7.23. The van der Waals surface area contributed by atoms with Gasteiger partial charge in [0.1, 0.15) is 5.82 Å². The van der Waals surface area contributed by atoms with Crippen LogP contribution < -0.4 is 9.47 Å². The Morgan fingerprint density at radius 2 is 2.03 bits per heavy atom. The van der Waals surface area contributed by atoms with E-state index in [1.165, 1.54) is 0 Å². The number of hydrogen-bond acceptors (Lipinski definition) is 6. The van der Waals surface area contributed by atoms with Crippen molar-refractivity contribution in [2.75, 3.05) is 13.4 Å². The van der Waals surface area contributed by atoms with Gasteiger partial charge in [-0.05, 0) is 49.7 Å². The monoisotopic (exact) mass is 418 g/mol. The second-order valence-electron chi connectivity index (χ2n) is 7.23. The van der Waals surface area contributed by atoms with Crippen molar-refractivity contribution in [3.63, 3.8) is 0 Å². The lowest BCUT2D eigenvalue weighted by Crippen LogP contribution is -2.06. The zero-order valence-electron chi connectivity index (χ0n) is 17.2. The third kappa shape index (κ3) is 3.72. The molecule has 31 heavy (non-hydrogen) atoms. The molecule has 8 nitrogen and oxygen atoms in total. The van der Waals surface area contributed by atoms with Gasteiger partial charge in [0.25, 0.3) is 0 Å². The SMILES string of the molecule is CCOC(=O)c1ccc2c(c1)nc(-c1ccc3c(c1)OCO3)n2CCCn1ccnc1. The summed E-state index contributed by atoms with van der Waals surface area (Å²) in [6.45, 7) is 3.96. The number of nitrogens with zero attached hydrogens (tertiary/aromatic N) is 4. The van der Waals surface area contributed by atoms with Crippen LogP contribution in [-0.4, -0.2) is 38.5 Å². The van der Waals surface area contributed by atoms with Crippen LogP contribution in [0.25, 0.3) is 22.4 Å². The van der Waals surface area contributed by atoms with Gasteiger partial charge in [0.15, 0.2) is 11.5 Å². The summed E-state index contributed by atoms with van der Waals surface area (Å²) in [6.07, 6.45) is 6.45. The quantitative estimate of drug-likeness (QED) is 0.424. The molecule has 0 saturated carbocycles. The second kappa shape index (κ2) is 8.14. The smallest absolute Gasteiger partial charge is 0.338 e. The summed E-state index contributed by atoms with van der Waals surface area (Å²) >= 11 is 0. The lowest BCUT2D eigenvalue weighted by Gasteiger charge is -2.10. The normalized spacial score (nSPS) is 12.4. The predicted octanol–water partition coefficient (Wildman–Crippen LogP) is 3.90. The van der Waals surface area contributed by atoms with Crippen LogP contribution in [-0.2, 0) is 17.8 Å². The molecular weight excluding hydrogens is 396 g/mol. The van der Waals surface area contributed by atoms with Crippen LogP contribution in [0.2, 0.25) is 0 Å². The van der Waals surface area contributed by atoms with Crippen molar-refractivity contribution in [1.82, 2.24) is 19.1 Å². The molecular formula is C23H22N4O4. The van der Waals surface area contributed by atoms with Gasteiger partial charge in [-0.1, -0.05) is 0 Å². The van der Waals surface area contributed by atoms with Gasteiger partial charge in [0.2, 0.25) is 6.79 Å². The van der Waals surface area contributed by atoms with Crippen LogP contribution in [0.15, 0.2) is 55.1 Å². The van der Waals surface area contributed by atoms with E-state index >= 15 is 0 Å². The average molecular weight is 418 g/mol. The minimum atomic E-state index is -0.344. The number of hydrogen-bond donors (Lipinski definition) is 0. The summed E-state index contributed by atoms with van der Waals surface area (Å²) in [5.41, 5.74) is 3.14. The molecule has 0 amide bonds. The highest BCUT2D eigenvalue weighted by Gasteiger charge is 2.19. The zero-order valence-corrected chi connectivity index (χ0v) is 17.2. The van der Waals surface area contributed by atoms with Gasteiger partial charge in [-0.3, -0.25) is 0 Å². The molecule has 158 valence electrons. The van der Waals surface area contributed by atoms with E-state index in [0.717, 1.165) is 47.7 Å². The van der Waals surface area contributed by atoms with Crippen LogP contribution in [0, 0.1) is 0 Å². The minimum Gasteiger partial charge on any atom is -0.462 e. The molecule has 3 heterocycles. The Morgan fingerprint density at radius 3 is 2.87 bits per heavy atom. The molecule has 4 aromatic rings. The van der Waals surface area contributed by atoms with Gasteiger partial charge in [-0.15, -0.1) is 0 Å².